The first-order chi connectivity index (χ1) is 10.3. The van der Waals surface area contributed by atoms with Gasteiger partial charge in [0.1, 0.15) is 0 Å². The van der Waals surface area contributed by atoms with Crippen molar-refractivity contribution in [3.8, 4) is 0 Å². The Hall–Kier alpha value is -0.980. The number of ether oxygens (including phenoxy) is 1. The summed E-state index contributed by atoms with van der Waals surface area (Å²) in [5.41, 5.74) is 3.02. The van der Waals surface area contributed by atoms with Crippen LogP contribution in [0.1, 0.15) is 31.4 Å². The van der Waals surface area contributed by atoms with Gasteiger partial charge in [0, 0.05) is 44.7 Å². The zero-order valence-electron chi connectivity index (χ0n) is 12.4. The van der Waals surface area contributed by atoms with Gasteiger partial charge in [-0.15, -0.1) is 11.3 Å². The van der Waals surface area contributed by atoms with Gasteiger partial charge in [-0.05, 0) is 19.3 Å². The highest BCUT2D eigenvalue weighted by molar-refractivity contribution is 7.07. The second kappa shape index (κ2) is 7.33. The predicted octanol–water partition coefficient (Wildman–Crippen LogP) is 1.75. The minimum atomic E-state index is 0.159. The Morgan fingerprint density at radius 2 is 2.29 bits per heavy atom. The smallest absolute Gasteiger partial charge is 0.225 e. The number of hydrogen-bond donors (Lipinski definition) is 0. The molecule has 5 nitrogen and oxygen atoms in total. The maximum absolute atomic E-state index is 12.3. The van der Waals surface area contributed by atoms with E-state index in [0.29, 0.717) is 6.42 Å². The fourth-order valence-corrected chi connectivity index (χ4v) is 3.60. The molecule has 0 aromatic carbocycles. The zero-order chi connectivity index (χ0) is 14.5. The third kappa shape index (κ3) is 4.25. The van der Waals surface area contributed by atoms with Crippen molar-refractivity contribution in [2.45, 2.75) is 38.3 Å². The normalized spacial score (nSPS) is 24.2. The van der Waals surface area contributed by atoms with Crippen LogP contribution >= 0.6 is 11.3 Å². The lowest BCUT2D eigenvalue weighted by molar-refractivity contribution is -0.133. The van der Waals surface area contributed by atoms with Gasteiger partial charge in [-0.3, -0.25) is 9.69 Å². The molecule has 0 bridgehead atoms. The van der Waals surface area contributed by atoms with Crippen molar-refractivity contribution in [2.24, 2.45) is 0 Å². The van der Waals surface area contributed by atoms with Crippen molar-refractivity contribution in [3.05, 3.63) is 16.6 Å². The minimum Gasteiger partial charge on any atom is -0.378 e. The standard InChI is InChI=1S/C15H23N3O2S/c19-15(9-14-3-1-8-20-14)18-5-2-4-17(6-7-18)10-13-11-21-12-16-13/h11-12,14H,1-10H2. The van der Waals surface area contributed by atoms with Crippen LogP contribution in [0.25, 0.3) is 0 Å². The van der Waals surface area contributed by atoms with Gasteiger partial charge in [0.05, 0.1) is 23.7 Å². The lowest BCUT2D eigenvalue weighted by Crippen LogP contribution is -2.36. The number of thiazole rings is 1. The molecule has 0 N–H and O–H groups in total. The third-order valence-electron chi connectivity index (χ3n) is 4.24. The maximum atomic E-state index is 12.3. The van der Waals surface area contributed by atoms with Gasteiger partial charge in [-0.25, -0.2) is 4.98 Å². The maximum Gasteiger partial charge on any atom is 0.225 e. The van der Waals surface area contributed by atoms with E-state index < -0.39 is 0 Å². The van der Waals surface area contributed by atoms with Gasteiger partial charge in [0.15, 0.2) is 0 Å². The van der Waals surface area contributed by atoms with Crippen molar-refractivity contribution in [1.29, 1.82) is 0 Å². The molecule has 1 atom stereocenters. The molecule has 116 valence electrons. The van der Waals surface area contributed by atoms with Crippen LogP contribution in [0.5, 0.6) is 0 Å². The molecular formula is C15H23N3O2S. The van der Waals surface area contributed by atoms with Crippen molar-refractivity contribution in [2.75, 3.05) is 32.8 Å². The van der Waals surface area contributed by atoms with Crippen LogP contribution < -0.4 is 0 Å². The highest BCUT2D eigenvalue weighted by Crippen LogP contribution is 2.17. The summed E-state index contributed by atoms with van der Waals surface area (Å²) >= 11 is 1.64. The van der Waals surface area contributed by atoms with Crippen LogP contribution in [-0.2, 0) is 16.1 Å². The number of carbonyl (C=O) groups excluding carboxylic acids is 1. The van der Waals surface area contributed by atoms with E-state index in [1.165, 1.54) is 0 Å². The van der Waals surface area contributed by atoms with Crippen LogP contribution in [0.15, 0.2) is 10.9 Å². The molecule has 0 radical (unpaired) electrons. The summed E-state index contributed by atoms with van der Waals surface area (Å²) in [6.45, 7) is 5.40. The molecule has 1 aromatic heterocycles. The van der Waals surface area contributed by atoms with Gasteiger partial charge >= 0.3 is 0 Å². The largest absolute Gasteiger partial charge is 0.378 e. The summed E-state index contributed by atoms with van der Waals surface area (Å²) in [5.74, 6) is 0.261. The number of hydrogen-bond acceptors (Lipinski definition) is 5. The van der Waals surface area contributed by atoms with Crippen molar-refractivity contribution in [3.63, 3.8) is 0 Å². The molecule has 21 heavy (non-hydrogen) atoms. The van der Waals surface area contributed by atoms with Crippen molar-refractivity contribution in [1.82, 2.24) is 14.8 Å². The average Bonchev–Trinajstić information content (AvgIpc) is 3.11. The summed E-state index contributed by atoms with van der Waals surface area (Å²) in [5, 5.41) is 2.10. The number of aromatic nitrogens is 1. The Morgan fingerprint density at radius 1 is 1.33 bits per heavy atom. The fourth-order valence-electron chi connectivity index (χ4n) is 3.05. The summed E-state index contributed by atoms with van der Waals surface area (Å²) in [6, 6.07) is 0. The molecule has 1 amide bonds. The first-order valence-corrected chi connectivity index (χ1v) is 8.74. The topological polar surface area (TPSA) is 45.7 Å². The van der Waals surface area contributed by atoms with E-state index in [0.717, 1.165) is 64.3 Å². The van der Waals surface area contributed by atoms with Gasteiger partial charge < -0.3 is 9.64 Å². The molecule has 2 fully saturated rings. The van der Waals surface area contributed by atoms with E-state index >= 15 is 0 Å². The molecule has 0 aliphatic carbocycles. The summed E-state index contributed by atoms with van der Waals surface area (Å²) < 4.78 is 5.57. The zero-order valence-corrected chi connectivity index (χ0v) is 13.2. The van der Waals surface area contributed by atoms with Crippen molar-refractivity contribution >= 4 is 17.2 Å². The van der Waals surface area contributed by atoms with Crippen LogP contribution in [0.3, 0.4) is 0 Å². The third-order valence-corrected chi connectivity index (χ3v) is 4.87. The average molecular weight is 309 g/mol. The molecule has 0 spiro atoms. The monoisotopic (exact) mass is 309 g/mol. The first-order valence-electron chi connectivity index (χ1n) is 7.80. The van der Waals surface area contributed by atoms with Crippen LogP contribution in [0.4, 0.5) is 0 Å². The van der Waals surface area contributed by atoms with Gasteiger partial charge in [-0.1, -0.05) is 0 Å². The van der Waals surface area contributed by atoms with E-state index in [1.807, 2.05) is 10.4 Å². The quantitative estimate of drug-likeness (QED) is 0.850. The summed E-state index contributed by atoms with van der Waals surface area (Å²) in [7, 11) is 0. The Balaban J connectivity index is 1.47. The number of nitrogens with zero attached hydrogens (tertiary/aromatic N) is 3. The van der Waals surface area contributed by atoms with Crippen LogP contribution in [0, 0.1) is 0 Å². The lowest BCUT2D eigenvalue weighted by atomic mass is 10.1. The summed E-state index contributed by atoms with van der Waals surface area (Å²) in [4.78, 5) is 21.1. The first kappa shape index (κ1) is 14.9. The van der Waals surface area contributed by atoms with Gasteiger partial charge in [0.25, 0.3) is 0 Å². The highest BCUT2D eigenvalue weighted by atomic mass is 32.1. The van der Waals surface area contributed by atoms with Crippen LogP contribution in [0.2, 0.25) is 0 Å². The fraction of sp³-hybridized carbons (Fsp3) is 0.733. The second-order valence-corrected chi connectivity index (χ2v) is 6.55. The van der Waals surface area contributed by atoms with Crippen molar-refractivity contribution < 1.29 is 9.53 Å². The number of rotatable bonds is 4. The Labute approximate surface area is 129 Å². The molecule has 2 aliphatic rings. The molecule has 6 heteroatoms. The molecule has 0 saturated carbocycles. The van der Waals surface area contributed by atoms with Gasteiger partial charge in [-0.2, -0.15) is 0 Å². The number of amides is 1. The Kier molecular flexibility index (Phi) is 5.22. The van der Waals surface area contributed by atoms with E-state index in [-0.39, 0.29) is 12.0 Å². The molecule has 1 unspecified atom stereocenters. The predicted molar refractivity (Wildman–Crippen MR) is 82.2 cm³/mol. The molecule has 1 aromatic rings. The van der Waals surface area contributed by atoms with E-state index in [4.69, 9.17) is 4.74 Å². The van der Waals surface area contributed by atoms with E-state index in [9.17, 15) is 4.79 Å². The van der Waals surface area contributed by atoms with Crippen LogP contribution in [-0.4, -0.2) is 59.6 Å². The molecular weight excluding hydrogens is 286 g/mol. The van der Waals surface area contributed by atoms with E-state index in [1.54, 1.807) is 11.3 Å². The molecule has 3 rings (SSSR count). The minimum absolute atomic E-state index is 0.159. The second-order valence-electron chi connectivity index (χ2n) is 5.83. The Bertz CT molecular complexity index is 446. The van der Waals surface area contributed by atoms with Gasteiger partial charge in [0.2, 0.25) is 5.91 Å². The molecule has 2 saturated heterocycles. The lowest BCUT2D eigenvalue weighted by Gasteiger charge is -2.22. The van der Waals surface area contributed by atoms with E-state index in [2.05, 4.69) is 15.3 Å². The SMILES string of the molecule is O=C(CC1CCCO1)N1CCCN(Cc2cscn2)CC1. The number of carbonyl (C=O) groups is 1. The summed E-state index contributed by atoms with van der Waals surface area (Å²) in [6.07, 6.45) is 3.90. The molecule has 2 aliphatic heterocycles. The Morgan fingerprint density at radius 3 is 3.05 bits per heavy atom. The highest BCUT2D eigenvalue weighted by Gasteiger charge is 2.24. The molecule has 3 heterocycles.